The Labute approximate surface area is 109 Å². The molecule has 1 unspecified atom stereocenters. The molecule has 1 atom stereocenters. The molecule has 106 valence electrons. The fraction of sp³-hybridized carbons (Fsp3) is 0.462. The third-order valence-corrected chi connectivity index (χ3v) is 2.71. The van der Waals surface area contributed by atoms with Crippen molar-refractivity contribution in [2.45, 2.75) is 19.9 Å². The third kappa shape index (κ3) is 3.96. The van der Waals surface area contributed by atoms with E-state index >= 15 is 0 Å². The van der Waals surface area contributed by atoms with Crippen LogP contribution in [0.1, 0.15) is 24.2 Å². The van der Waals surface area contributed by atoms with Crippen LogP contribution in [0.25, 0.3) is 0 Å². The summed E-state index contributed by atoms with van der Waals surface area (Å²) in [6, 6.07) is 1.03. The first-order chi connectivity index (χ1) is 8.86. The zero-order valence-electron chi connectivity index (χ0n) is 11.0. The average Bonchev–Trinajstić information content (AvgIpc) is 2.34. The first-order valence-electron chi connectivity index (χ1n) is 5.81. The fourth-order valence-corrected chi connectivity index (χ4v) is 1.52. The summed E-state index contributed by atoms with van der Waals surface area (Å²) >= 11 is 0. The van der Waals surface area contributed by atoms with Gasteiger partial charge in [0.05, 0.1) is 12.6 Å². The van der Waals surface area contributed by atoms with Crippen LogP contribution in [0.3, 0.4) is 0 Å². The fourth-order valence-electron chi connectivity index (χ4n) is 1.52. The number of carbonyl (C=O) groups is 1. The minimum atomic E-state index is -1.59. The SMILES string of the molecule is COCC(NC(=O)c1cc(F)c(F)c(F)c1)C(C)C. The van der Waals surface area contributed by atoms with E-state index in [1.54, 1.807) is 0 Å². The molecule has 0 saturated heterocycles. The van der Waals surface area contributed by atoms with Crippen molar-refractivity contribution < 1.29 is 22.7 Å². The molecule has 0 spiro atoms. The second-order valence-electron chi connectivity index (χ2n) is 4.53. The molecule has 0 aliphatic rings. The highest BCUT2D eigenvalue weighted by Crippen LogP contribution is 2.14. The minimum absolute atomic E-state index is 0.0824. The van der Waals surface area contributed by atoms with E-state index in [4.69, 9.17) is 4.74 Å². The number of halogens is 3. The number of methoxy groups -OCH3 is 1. The van der Waals surface area contributed by atoms with E-state index < -0.39 is 23.4 Å². The van der Waals surface area contributed by atoms with E-state index in [9.17, 15) is 18.0 Å². The number of benzene rings is 1. The quantitative estimate of drug-likeness (QED) is 0.838. The van der Waals surface area contributed by atoms with Gasteiger partial charge in [-0.1, -0.05) is 13.8 Å². The monoisotopic (exact) mass is 275 g/mol. The van der Waals surface area contributed by atoms with Gasteiger partial charge in [0.1, 0.15) is 0 Å². The van der Waals surface area contributed by atoms with Gasteiger partial charge in [-0.05, 0) is 18.1 Å². The van der Waals surface area contributed by atoms with Crippen LogP contribution in [0.5, 0.6) is 0 Å². The second-order valence-corrected chi connectivity index (χ2v) is 4.53. The van der Waals surface area contributed by atoms with Crippen molar-refractivity contribution in [3.63, 3.8) is 0 Å². The number of carbonyl (C=O) groups excluding carboxylic acids is 1. The maximum absolute atomic E-state index is 13.0. The van der Waals surface area contributed by atoms with Gasteiger partial charge in [-0.3, -0.25) is 4.79 Å². The van der Waals surface area contributed by atoms with E-state index in [-0.39, 0.29) is 24.1 Å². The minimum Gasteiger partial charge on any atom is -0.383 e. The van der Waals surface area contributed by atoms with Crippen molar-refractivity contribution in [1.29, 1.82) is 0 Å². The molecule has 6 heteroatoms. The molecule has 3 nitrogen and oxygen atoms in total. The molecule has 0 radical (unpaired) electrons. The summed E-state index contributed by atoms with van der Waals surface area (Å²) in [7, 11) is 1.48. The predicted molar refractivity (Wildman–Crippen MR) is 64.3 cm³/mol. The van der Waals surface area contributed by atoms with Crippen LogP contribution in [0.4, 0.5) is 13.2 Å². The van der Waals surface area contributed by atoms with E-state index in [0.29, 0.717) is 12.1 Å². The molecule has 1 aromatic carbocycles. The van der Waals surface area contributed by atoms with Crippen LogP contribution >= 0.6 is 0 Å². The van der Waals surface area contributed by atoms with E-state index in [0.717, 1.165) is 0 Å². The summed E-state index contributed by atoms with van der Waals surface area (Å²) in [5, 5.41) is 2.59. The highest BCUT2D eigenvalue weighted by molar-refractivity contribution is 5.94. The lowest BCUT2D eigenvalue weighted by molar-refractivity contribution is 0.0865. The molecule has 0 saturated carbocycles. The van der Waals surface area contributed by atoms with Gasteiger partial charge in [-0.15, -0.1) is 0 Å². The van der Waals surface area contributed by atoms with Crippen LogP contribution in [-0.4, -0.2) is 25.7 Å². The molecule has 0 fully saturated rings. The zero-order valence-corrected chi connectivity index (χ0v) is 11.0. The van der Waals surface area contributed by atoms with Gasteiger partial charge in [0, 0.05) is 12.7 Å². The summed E-state index contributed by atoms with van der Waals surface area (Å²) < 4.78 is 43.8. The molecule has 1 rings (SSSR count). The summed E-state index contributed by atoms with van der Waals surface area (Å²) in [6.45, 7) is 4.02. The van der Waals surface area contributed by atoms with Crippen LogP contribution in [0.15, 0.2) is 12.1 Å². The molecule has 1 aromatic rings. The van der Waals surface area contributed by atoms with Crippen molar-refractivity contribution in [3.8, 4) is 0 Å². The lowest BCUT2D eigenvalue weighted by atomic mass is 10.0. The predicted octanol–water partition coefficient (Wildman–Crippen LogP) is 2.50. The smallest absolute Gasteiger partial charge is 0.251 e. The van der Waals surface area contributed by atoms with Crippen LogP contribution in [-0.2, 0) is 4.74 Å². The Hall–Kier alpha value is -1.56. The maximum atomic E-state index is 13.0. The van der Waals surface area contributed by atoms with E-state index in [1.165, 1.54) is 7.11 Å². The van der Waals surface area contributed by atoms with E-state index in [1.807, 2.05) is 13.8 Å². The lowest BCUT2D eigenvalue weighted by Gasteiger charge is -2.21. The molecule has 0 aromatic heterocycles. The van der Waals surface area contributed by atoms with Gasteiger partial charge in [0.15, 0.2) is 17.5 Å². The van der Waals surface area contributed by atoms with E-state index in [2.05, 4.69) is 5.32 Å². The molecule has 0 heterocycles. The molecule has 1 amide bonds. The molecule has 0 bridgehead atoms. The van der Waals surface area contributed by atoms with Gasteiger partial charge < -0.3 is 10.1 Å². The Morgan fingerprint density at radius 1 is 1.26 bits per heavy atom. The topological polar surface area (TPSA) is 38.3 Å². The lowest BCUT2D eigenvalue weighted by Crippen LogP contribution is -2.41. The second kappa shape index (κ2) is 6.56. The molecule has 0 aliphatic heterocycles. The molecule has 1 N–H and O–H groups in total. The molecule has 19 heavy (non-hydrogen) atoms. The Morgan fingerprint density at radius 3 is 2.21 bits per heavy atom. The number of nitrogens with one attached hydrogen (secondary N) is 1. The standard InChI is InChI=1S/C13H16F3NO2/c1-7(2)11(6-19-3)17-13(18)8-4-9(14)12(16)10(15)5-8/h4-5,7,11H,6H2,1-3H3,(H,17,18). The average molecular weight is 275 g/mol. The van der Waals surface area contributed by atoms with Crippen molar-refractivity contribution in [2.75, 3.05) is 13.7 Å². The number of hydrogen-bond acceptors (Lipinski definition) is 2. The number of hydrogen-bond donors (Lipinski definition) is 1. The Kier molecular flexibility index (Phi) is 5.35. The van der Waals surface area contributed by atoms with Gasteiger partial charge in [-0.25, -0.2) is 13.2 Å². The van der Waals surface area contributed by atoms with Crippen molar-refractivity contribution in [1.82, 2.24) is 5.32 Å². The number of amides is 1. The number of ether oxygens (including phenoxy) is 1. The first-order valence-corrected chi connectivity index (χ1v) is 5.81. The summed E-state index contributed by atoms with van der Waals surface area (Å²) in [5.41, 5.74) is -0.266. The van der Waals surface area contributed by atoms with Crippen molar-refractivity contribution >= 4 is 5.91 Å². The Morgan fingerprint density at radius 2 is 1.79 bits per heavy atom. The van der Waals surface area contributed by atoms with Gasteiger partial charge in [0.2, 0.25) is 0 Å². The van der Waals surface area contributed by atoms with Gasteiger partial charge in [0.25, 0.3) is 5.91 Å². The summed E-state index contributed by atoms with van der Waals surface area (Å²) in [4.78, 5) is 11.8. The zero-order chi connectivity index (χ0) is 14.6. The Balaban J connectivity index is 2.88. The van der Waals surface area contributed by atoms with Crippen LogP contribution in [0, 0.1) is 23.4 Å². The summed E-state index contributed by atoms with van der Waals surface area (Å²) in [6.07, 6.45) is 0. The van der Waals surface area contributed by atoms with Crippen LogP contribution < -0.4 is 5.32 Å². The Bertz CT molecular complexity index is 440. The van der Waals surface area contributed by atoms with Gasteiger partial charge >= 0.3 is 0 Å². The summed E-state index contributed by atoms with van der Waals surface area (Å²) in [5.74, 6) is -4.96. The highest BCUT2D eigenvalue weighted by atomic mass is 19.2. The molecule has 0 aliphatic carbocycles. The maximum Gasteiger partial charge on any atom is 0.251 e. The van der Waals surface area contributed by atoms with Crippen molar-refractivity contribution in [3.05, 3.63) is 35.1 Å². The van der Waals surface area contributed by atoms with Crippen molar-refractivity contribution in [2.24, 2.45) is 5.92 Å². The first kappa shape index (κ1) is 15.5. The third-order valence-electron chi connectivity index (χ3n) is 2.71. The normalized spacial score (nSPS) is 12.6. The highest BCUT2D eigenvalue weighted by Gasteiger charge is 2.19. The molecular weight excluding hydrogens is 259 g/mol. The van der Waals surface area contributed by atoms with Crippen LogP contribution in [0.2, 0.25) is 0 Å². The largest absolute Gasteiger partial charge is 0.383 e. The van der Waals surface area contributed by atoms with Gasteiger partial charge in [-0.2, -0.15) is 0 Å². The number of rotatable bonds is 5. The molecular formula is C13H16F3NO2.